The number of aromatic amines is 2. The van der Waals surface area contributed by atoms with Crippen molar-refractivity contribution in [3.63, 3.8) is 0 Å². The fraction of sp³-hybridized carbons (Fsp3) is 0.474. The first-order chi connectivity index (χ1) is 25.3. The number of piperidine rings is 2. The Kier molecular flexibility index (Phi) is 14.7. The fourth-order valence-corrected chi connectivity index (χ4v) is 6.33. The van der Waals surface area contributed by atoms with Gasteiger partial charge in [0.15, 0.2) is 0 Å². The SMILES string of the molecule is Nc1c[nH]c(CCCOc2cccc(CN3CCCCC3)c2)nc1=O.O=c1nc(CCCOc2cccc(CN3CCCCC3)c2)[nH]cc1[N+](=O)[O-]. The monoisotopic (exact) mass is 714 g/mol. The molecule has 0 saturated carbocycles. The lowest BCUT2D eigenvalue weighted by Crippen LogP contribution is -2.29. The number of ether oxygens (including phenoxy) is 2. The van der Waals surface area contributed by atoms with E-state index in [4.69, 9.17) is 15.2 Å². The van der Waals surface area contributed by atoms with Crippen LogP contribution in [0.4, 0.5) is 11.4 Å². The quantitative estimate of drug-likeness (QED) is 0.0853. The minimum Gasteiger partial charge on any atom is -0.494 e. The van der Waals surface area contributed by atoms with E-state index in [9.17, 15) is 19.7 Å². The number of aryl methyl sites for hydroxylation is 2. The predicted octanol–water partition coefficient (Wildman–Crippen LogP) is 5.03. The zero-order chi connectivity index (χ0) is 36.5. The average Bonchev–Trinajstić information content (AvgIpc) is 3.15. The van der Waals surface area contributed by atoms with Crippen LogP contribution in [0.15, 0.2) is 70.5 Å². The van der Waals surface area contributed by atoms with Gasteiger partial charge in [0.05, 0.1) is 24.3 Å². The topological polar surface area (TPSA) is 186 Å². The maximum atomic E-state index is 11.5. The molecule has 0 atom stereocenters. The summed E-state index contributed by atoms with van der Waals surface area (Å²) in [6, 6.07) is 16.4. The Bertz CT molecular complexity index is 1830. The van der Waals surface area contributed by atoms with Crippen LogP contribution < -0.4 is 26.3 Å². The van der Waals surface area contributed by atoms with Gasteiger partial charge in [-0.05, 0) is 100 Å². The predicted molar refractivity (Wildman–Crippen MR) is 200 cm³/mol. The van der Waals surface area contributed by atoms with Crippen molar-refractivity contribution in [1.82, 2.24) is 29.7 Å². The number of rotatable bonds is 15. The number of nitrogen functional groups attached to an aromatic ring is 1. The molecule has 2 aliphatic heterocycles. The van der Waals surface area contributed by atoms with Crippen molar-refractivity contribution in [1.29, 1.82) is 0 Å². The summed E-state index contributed by atoms with van der Waals surface area (Å²) in [5.41, 5.74) is 6.42. The number of hydrogen-bond donors (Lipinski definition) is 3. The molecule has 14 heteroatoms. The first-order valence-corrected chi connectivity index (χ1v) is 18.3. The normalized spacial score (nSPS) is 15.0. The molecule has 278 valence electrons. The molecule has 2 aromatic heterocycles. The van der Waals surface area contributed by atoms with E-state index < -0.39 is 16.2 Å². The van der Waals surface area contributed by atoms with Crippen molar-refractivity contribution in [3.05, 3.63) is 115 Å². The lowest BCUT2D eigenvalue weighted by molar-refractivity contribution is -0.386. The molecular weight excluding hydrogens is 664 g/mol. The van der Waals surface area contributed by atoms with Crippen molar-refractivity contribution < 1.29 is 14.4 Å². The summed E-state index contributed by atoms with van der Waals surface area (Å²) in [7, 11) is 0. The number of nitrogens with one attached hydrogen (secondary N) is 2. The molecule has 2 aliphatic rings. The van der Waals surface area contributed by atoms with Crippen molar-refractivity contribution in [3.8, 4) is 11.5 Å². The van der Waals surface area contributed by atoms with Gasteiger partial charge in [-0.3, -0.25) is 29.5 Å². The minimum absolute atomic E-state index is 0.144. The standard InChI is InChI=1S/C19H24N4O4.C19H26N4O2/c24-19-17(23(25)26)13-20-18(21-19)8-5-11-27-16-7-4-6-15(12-16)14-22-9-2-1-3-10-22;20-17-13-21-18(22-19(17)24)8-5-11-25-16-7-4-6-15(12-16)14-23-9-2-1-3-10-23/h4,6-7,12-13H,1-3,5,8-11,14H2,(H,20,21,24);4,6-7,12-13H,1-3,5,8-11,14,20H2,(H,21,22,24). The maximum Gasteiger partial charge on any atom is 0.351 e. The molecule has 6 rings (SSSR count). The maximum absolute atomic E-state index is 11.5. The van der Waals surface area contributed by atoms with Crippen LogP contribution in [0.5, 0.6) is 11.5 Å². The van der Waals surface area contributed by atoms with Gasteiger partial charge in [-0.15, -0.1) is 0 Å². The number of H-pyrrole nitrogens is 2. The Hall–Kier alpha value is -5.08. The van der Waals surface area contributed by atoms with Crippen LogP contribution in [0.25, 0.3) is 0 Å². The zero-order valence-corrected chi connectivity index (χ0v) is 29.8. The smallest absolute Gasteiger partial charge is 0.351 e. The summed E-state index contributed by atoms with van der Waals surface area (Å²) < 4.78 is 11.7. The Morgan fingerprint density at radius 3 is 1.65 bits per heavy atom. The molecule has 0 aliphatic carbocycles. The number of nitro groups is 1. The van der Waals surface area contributed by atoms with E-state index in [-0.39, 0.29) is 11.2 Å². The van der Waals surface area contributed by atoms with E-state index in [0.29, 0.717) is 44.1 Å². The highest BCUT2D eigenvalue weighted by Gasteiger charge is 2.14. The first kappa shape index (κ1) is 38.2. The number of benzene rings is 2. The van der Waals surface area contributed by atoms with Gasteiger partial charge in [-0.1, -0.05) is 37.1 Å². The van der Waals surface area contributed by atoms with Crippen molar-refractivity contribution in [2.45, 2.75) is 77.3 Å². The molecule has 14 nitrogen and oxygen atoms in total. The highest BCUT2D eigenvalue weighted by Crippen LogP contribution is 2.19. The van der Waals surface area contributed by atoms with Crippen LogP contribution in [-0.4, -0.2) is 74.1 Å². The molecule has 4 aromatic rings. The van der Waals surface area contributed by atoms with Gasteiger partial charge in [0.25, 0.3) is 5.56 Å². The third-order valence-electron chi connectivity index (χ3n) is 9.07. The summed E-state index contributed by atoms with van der Waals surface area (Å²) in [4.78, 5) is 51.0. The molecule has 2 saturated heterocycles. The van der Waals surface area contributed by atoms with Crippen LogP contribution in [0.2, 0.25) is 0 Å². The average molecular weight is 715 g/mol. The van der Waals surface area contributed by atoms with Crippen LogP contribution in [0.1, 0.15) is 74.1 Å². The molecular formula is C38H50N8O6. The van der Waals surface area contributed by atoms with Crippen LogP contribution in [0.3, 0.4) is 0 Å². The highest BCUT2D eigenvalue weighted by atomic mass is 16.6. The molecule has 52 heavy (non-hydrogen) atoms. The Morgan fingerprint density at radius 2 is 1.19 bits per heavy atom. The van der Waals surface area contributed by atoms with Crippen molar-refractivity contribution in [2.24, 2.45) is 0 Å². The second kappa shape index (κ2) is 20.1. The van der Waals surface area contributed by atoms with Gasteiger partial charge >= 0.3 is 11.2 Å². The van der Waals surface area contributed by atoms with Crippen molar-refractivity contribution in [2.75, 3.05) is 45.1 Å². The van der Waals surface area contributed by atoms with Crippen molar-refractivity contribution >= 4 is 11.4 Å². The van der Waals surface area contributed by atoms with E-state index in [1.54, 1.807) is 0 Å². The molecule has 2 aromatic carbocycles. The fourth-order valence-electron chi connectivity index (χ4n) is 6.33. The van der Waals surface area contributed by atoms with Crippen LogP contribution in [0, 0.1) is 10.1 Å². The van der Waals surface area contributed by atoms with Gasteiger partial charge in [-0.25, -0.2) is 0 Å². The van der Waals surface area contributed by atoms with Gasteiger partial charge < -0.3 is 25.2 Å². The summed E-state index contributed by atoms with van der Waals surface area (Å²) >= 11 is 0. The molecule has 4 N–H and O–H groups in total. The van der Waals surface area contributed by atoms with Crippen LogP contribution in [-0.2, 0) is 25.9 Å². The van der Waals surface area contributed by atoms with E-state index >= 15 is 0 Å². The molecule has 0 unspecified atom stereocenters. The lowest BCUT2D eigenvalue weighted by atomic mass is 10.1. The minimum atomic E-state index is -0.819. The number of nitrogens with two attached hydrogens (primary N) is 1. The third kappa shape index (κ3) is 12.6. The number of likely N-dealkylation sites (tertiary alicyclic amines) is 2. The number of hydrogen-bond acceptors (Lipinski definition) is 11. The zero-order valence-electron chi connectivity index (χ0n) is 29.8. The molecule has 4 heterocycles. The Morgan fingerprint density at radius 1 is 0.712 bits per heavy atom. The summed E-state index contributed by atoms with van der Waals surface area (Å²) in [6.07, 6.45) is 13.0. The van der Waals surface area contributed by atoms with E-state index in [1.165, 1.54) is 68.9 Å². The molecule has 0 radical (unpaired) electrons. The Labute approximate surface area is 303 Å². The lowest BCUT2D eigenvalue weighted by Gasteiger charge is -2.26. The first-order valence-electron chi connectivity index (χ1n) is 18.3. The van der Waals surface area contributed by atoms with Crippen LogP contribution >= 0.6 is 0 Å². The van der Waals surface area contributed by atoms with Gasteiger partial charge in [-0.2, -0.15) is 9.97 Å². The van der Waals surface area contributed by atoms with E-state index in [2.05, 4.69) is 54.0 Å². The molecule has 2 fully saturated rings. The molecule has 0 bridgehead atoms. The number of aromatic nitrogens is 4. The summed E-state index contributed by atoms with van der Waals surface area (Å²) in [5.74, 6) is 2.79. The number of nitrogens with zero attached hydrogens (tertiary/aromatic N) is 5. The second-order valence-corrected chi connectivity index (χ2v) is 13.3. The van der Waals surface area contributed by atoms with E-state index in [0.717, 1.165) is 50.3 Å². The third-order valence-corrected chi connectivity index (χ3v) is 9.07. The second-order valence-electron chi connectivity index (χ2n) is 13.3. The summed E-state index contributed by atoms with van der Waals surface area (Å²) in [5, 5.41) is 10.6. The molecule has 0 amide bonds. The van der Waals surface area contributed by atoms with Gasteiger partial charge in [0.2, 0.25) is 0 Å². The number of anilines is 1. The highest BCUT2D eigenvalue weighted by molar-refractivity contribution is 5.31. The Balaban J connectivity index is 0.000000202. The van der Waals surface area contributed by atoms with Gasteiger partial charge in [0.1, 0.15) is 28.8 Å². The molecule has 0 spiro atoms. The summed E-state index contributed by atoms with van der Waals surface area (Å²) in [6.45, 7) is 7.71. The van der Waals surface area contributed by atoms with E-state index in [1.807, 2.05) is 24.3 Å². The largest absolute Gasteiger partial charge is 0.494 e. The van der Waals surface area contributed by atoms with Gasteiger partial charge in [0, 0.05) is 32.1 Å².